The maximum absolute atomic E-state index is 3.94. The highest BCUT2D eigenvalue weighted by atomic mass is 14.1. The first-order chi connectivity index (χ1) is 8.88. The first kappa shape index (κ1) is 9.67. The van der Waals surface area contributed by atoms with Crippen LogP contribution in [0.1, 0.15) is 5.56 Å². The zero-order valence-electron chi connectivity index (χ0n) is 9.98. The number of benzene rings is 4. The van der Waals surface area contributed by atoms with Crippen LogP contribution in [0.25, 0.3) is 38.4 Å². The number of hydrogen-bond acceptors (Lipinski definition) is 0. The minimum atomic E-state index is 1.21. The third-order valence-corrected chi connectivity index (χ3v) is 3.76. The van der Waals surface area contributed by atoms with E-state index in [1.807, 2.05) is 6.08 Å². The second-order valence-electron chi connectivity index (χ2n) is 4.72. The number of rotatable bonds is 1. The van der Waals surface area contributed by atoms with Crippen molar-refractivity contribution in [2.24, 2.45) is 0 Å². The van der Waals surface area contributed by atoms with Gasteiger partial charge >= 0.3 is 0 Å². The van der Waals surface area contributed by atoms with E-state index in [1.165, 1.54) is 37.9 Å². The second-order valence-corrected chi connectivity index (χ2v) is 4.72. The van der Waals surface area contributed by atoms with Gasteiger partial charge < -0.3 is 0 Å². The third kappa shape index (κ3) is 1.10. The van der Waals surface area contributed by atoms with Gasteiger partial charge in [0.25, 0.3) is 0 Å². The van der Waals surface area contributed by atoms with Crippen molar-refractivity contribution in [3.8, 4) is 0 Å². The summed E-state index contributed by atoms with van der Waals surface area (Å²) in [6.45, 7) is 3.94. The van der Waals surface area contributed by atoms with E-state index in [1.54, 1.807) is 0 Å². The van der Waals surface area contributed by atoms with Gasteiger partial charge in [-0.3, -0.25) is 0 Å². The SMILES string of the molecule is C=Cc1cc2cccc3ccc4cccc1c4c32. The maximum Gasteiger partial charge on any atom is -0.00208 e. The van der Waals surface area contributed by atoms with E-state index in [-0.39, 0.29) is 0 Å². The lowest BCUT2D eigenvalue weighted by Gasteiger charge is -2.12. The maximum atomic E-state index is 3.94. The van der Waals surface area contributed by atoms with Crippen molar-refractivity contribution < 1.29 is 0 Å². The molecule has 84 valence electrons. The average molecular weight is 228 g/mol. The normalized spacial score (nSPS) is 11.6. The molecule has 0 saturated carbocycles. The van der Waals surface area contributed by atoms with Crippen LogP contribution in [-0.4, -0.2) is 0 Å². The Kier molecular flexibility index (Phi) is 1.79. The van der Waals surface area contributed by atoms with Gasteiger partial charge in [0.1, 0.15) is 0 Å². The molecule has 0 radical (unpaired) electrons. The lowest BCUT2D eigenvalue weighted by molar-refractivity contribution is 1.75. The highest BCUT2D eigenvalue weighted by Gasteiger charge is 2.09. The Hall–Kier alpha value is -2.34. The highest BCUT2D eigenvalue weighted by molar-refractivity contribution is 6.24. The molecule has 0 amide bonds. The van der Waals surface area contributed by atoms with E-state index in [0.29, 0.717) is 0 Å². The van der Waals surface area contributed by atoms with Gasteiger partial charge in [-0.25, -0.2) is 0 Å². The van der Waals surface area contributed by atoms with Crippen LogP contribution in [0.3, 0.4) is 0 Å². The summed E-state index contributed by atoms with van der Waals surface area (Å²) in [5.74, 6) is 0. The topological polar surface area (TPSA) is 0 Å². The highest BCUT2D eigenvalue weighted by Crippen LogP contribution is 2.36. The predicted octanol–water partition coefficient (Wildman–Crippen LogP) is 5.23. The fraction of sp³-hybridized carbons (Fsp3) is 0. The molecule has 4 aromatic rings. The first-order valence-corrected chi connectivity index (χ1v) is 6.17. The van der Waals surface area contributed by atoms with Gasteiger partial charge in [-0.2, -0.15) is 0 Å². The number of hydrogen-bond donors (Lipinski definition) is 0. The second kappa shape index (κ2) is 3.33. The molecule has 0 spiro atoms. The van der Waals surface area contributed by atoms with E-state index < -0.39 is 0 Å². The Morgan fingerprint density at radius 2 is 1.39 bits per heavy atom. The molecule has 0 aromatic heterocycles. The lowest BCUT2D eigenvalue weighted by atomic mass is 9.91. The van der Waals surface area contributed by atoms with E-state index in [2.05, 4.69) is 61.2 Å². The molecule has 0 atom stereocenters. The Morgan fingerprint density at radius 3 is 2.17 bits per heavy atom. The van der Waals surface area contributed by atoms with Crippen LogP contribution in [0.4, 0.5) is 0 Å². The average Bonchev–Trinajstić information content (AvgIpc) is 2.44. The summed E-state index contributed by atoms with van der Waals surface area (Å²) in [6.07, 6.45) is 1.95. The quantitative estimate of drug-likeness (QED) is 0.391. The van der Waals surface area contributed by atoms with Gasteiger partial charge in [0, 0.05) is 0 Å². The molecule has 0 fully saturated rings. The molecule has 0 bridgehead atoms. The van der Waals surface area contributed by atoms with Crippen molar-refractivity contribution in [1.82, 2.24) is 0 Å². The molecular formula is C18H12. The Labute approximate surface area is 105 Å². The van der Waals surface area contributed by atoms with Crippen LogP contribution >= 0.6 is 0 Å². The Morgan fingerprint density at radius 1 is 0.722 bits per heavy atom. The predicted molar refractivity (Wildman–Crippen MR) is 80.2 cm³/mol. The monoisotopic (exact) mass is 228 g/mol. The van der Waals surface area contributed by atoms with Crippen molar-refractivity contribution in [3.05, 3.63) is 66.7 Å². The fourth-order valence-electron chi connectivity index (χ4n) is 2.96. The van der Waals surface area contributed by atoms with E-state index in [4.69, 9.17) is 0 Å². The molecule has 0 aliphatic carbocycles. The van der Waals surface area contributed by atoms with Crippen LogP contribution in [-0.2, 0) is 0 Å². The van der Waals surface area contributed by atoms with Crippen LogP contribution in [0, 0.1) is 0 Å². The molecule has 18 heavy (non-hydrogen) atoms. The molecule has 0 unspecified atom stereocenters. The molecule has 0 aliphatic rings. The van der Waals surface area contributed by atoms with Gasteiger partial charge in [-0.15, -0.1) is 0 Å². The first-order valence-electron chi connectivity index (χ1n) is 6.17. The van der Waals surface area contributed by atoms with Gasteiger partial charge in [0.2, 0.25) is 0 Å². The summed E-state index contributed by atoms with van der Waals surface area (Å²) in [5, 5.41) is 7.95. The summed E-state index contributed by atoms with van der Waals surface area (Å²) in [6, 6.07) is 19.6. The molecule has 0 heterocycles. The van der Waals surface area contributed by atoms with E-state index in [9.17, 15) is 0 Å². The van der Waals surface area contributed by atoms with Crippen LogP contribution in [0.5, 0.6) is 0 Å². The zero-order chi connectivity index (χ0) is 12.1. The summed E-state index contributed by atoms with van der Waals surface area (Å²) in [7, 11) is 0. The smallest absolute Gasteiger partial charge is 0.00208 e. The van der Waals surface area contributed by atoms with Crippen molar-refractivity contribution in [1.29, 1.82) is 0 Å². The minimum absolute atomic E-state index is 1.21. The molecule has 4 rings (SSSR count). The fourth-order valence-corrected chi connectivity index (χ4v) is 2.96. The summed E-state index contributed by atoms with van der Waals surface area (Å²) < 4.78 is 0. The third-order valence-electron chi connectivity index (χ3n) is 3.76. The van der Waals surface area contributed by atoms with E-state index in [0.717, 1.165) is 0 Å². The van der Waals surface area contributed by atoms with Crippen LogP contribution in [0.2, 0.25) is 0 Å². The minimum Gasteiger partial charge on any atom is -0.0984 e. The van der Waals surface area contributed by atoms with Crippen molar-refractivity contribution in [3.63, 3.8) is 0 Å². The molecule has 0 saturated heterocycles. The van der Waals surface area contributed by atoms with E-state index >= 15 is 0 Å². The van der Waals surface area contributed by atoms with Crippen molar-refractivity contribution in [2.75, 3.05) is 0 Å². The summed E-state index contributed by atoms with van der Waals surface area (Å²) in [4.78, 5) is 0. The zero-order valence-corrected chi connectivity index (χ0v) is 9.98. The standard InChI is InChI=1S/C18H12/c1-2-12-11-15-7-3-5-13-9-10-14-6-4-8-16(12)18(14)17(13)15/h2-11H,1H2. The summed E-state index contributed by atoms with van der Waals surface area (Å²) in [5.41, 5.74) is 1.21. The molecule has 0 nitrogen and oxygen atoms in total. The molecule has 4 aromatic carbocycles. The molecule has 0 aliphatic heterocycles. The van der Waals surface area contributed by atoms with Crippen LogP contribution in [0.15, 0.2) is 61.2 Å². The largest absolute Gasteiger partial charge is 0.0984 e. The van der Waals surface area contributed by atoms with Gasteiger partial charge in [0.15, 0.2) is 0 Å². The van der Waals surface area contributed by atoms with Crippen molar-refractivity contribution >= 4 is 38.4 Å². The van der Waals surface area contributed by atoms with Gasteiger partial charge in [-0.1, -0.05) is 61.2 Å². The molecule has 0 N–H and O–H groups in total. The molecular weight excluding hydrogens is 216 g/mol. The molecule has 0 heteroatoms. The van der Waals surface area contributed by atoms with Gasteiger partial charge in [0.05, 0.1) is 0 Å². The lowest BCUT2D eigenvalue weighted by Crippen LogP contribution is -1.86. The Bertz CT molecular complexity index is 884. The van der Waals surface area contributed by atoms with Crippen molar-refractivity contribution in [2.45, 2.75) is 0 Å². The van der Waals surface area contributed by atoms with Crippen LogP contribution < -0.4 is 0 Å². The van der Waals surface area contributed by atoms with Gasteiger partial charge in [-0.05, 0) is 43.9 Å². The Balaban J connectivity index is 2.47. The summed E-state index contributed by atoms with van der Waals surface area (Å²) >= 11 is 0.